The zero-order valence-corrected chi connectivity index (χ0v) is 17.0. The predicted molar refractivity (Wildman–Crippen MR) is 116 cm³/mol. The minimum atomic E-state index is -0.371. The van der Waals surface area contributed by atoms with E-state index in [1.165, 1.54) is 16.7 Å². The molecule has 29 heavy (non-hydrogen) atoms. The number of imide groups is 1. The summed E-state index contributed by atoms with van der Waals surface area (Å²) in [7, 11) is 1.54. The number of nitrogens with zero attached hydrogens (tertiary/aromatic N) is 1. The second kappa shape index (κ2) is 8.15. The number of methoxy groups -OCH3 is 1. The van der Waals surface area contributed by atoms with Gasteiger partial charge in [-0.25, -0.2) is 4.90 Å². The molecule has 0 bridgehead atoms. The summed E-state index contributed by atoms with van der Waals surface area (Å²) in [5, 5.41) is 0.563. The summed E-state index contributed by atoms with van der Waals surface area (Å²) < 4.78 is 5.25. The van der Waals surface area contributed by atoms with Gasteiger partial charge in [-0.15, -0.1) is 0 Å². The molecule has 0 aliphatic carbocycles. The summed E-state index contributed by atoms with van der Waals surface area (Å²) in [5.41, 5.74) is 1.48. The molecule has 0 spiro atoms. The Balaban J connectivity index is 1.82. The number of carbonyl (C=O) groups excluding carboxylic acids is 2. The number of anilines is 1. The van der Waals surface area contributed by atoms with Gasteiger partial charge in [0.1, 0.15) is 5.75 Å². The van der Waals surface area contributed by atoms with Crippen molar-refractivity contribution < 1.29 is 14.3 Å². The maximum Gasteiger partial charge on any atom is 0.272 e. The van der Waals surface area contributed by atoms with E-state index in [0.717, 1.165) is 4.90 Å². The molecule has 1 heterocycles. The monoisotopic (exact) mass is 421 g/mol. The van der Waals surface area contributed by atoms with Crippen LogP contribution in [0.5, 0.6) is 5.75 Å². The molecule has 0 saturated carbocycles. The number of carbonyl (C=O) groups is 2. The molecule has 0 saturated heterocycles. The summed E-state index contributed by atoms with van der Waals surface area (Å²) in [4.78, 5) is 29.1. The summed E-state index contributed by atoms with van der Waals surface area (Å²) >= 11 is 7.29. The Morgan fingerprint density at radius 1 is 0.862 bits per heavy atom. The fourth-order valence-electron chi connectivity index (χ4n) is 3.07. The van der Waals surface area contributed by atoms with E-state index in [2.05, 4.69) is 0 Å². The Kier molecular flexibility index (Phi) is 5.43. The maximum atomic E-state index is 13.4. The SMILES string of the molecule is COc1cccc(N2C(=O)C(Sc3ccccc3)=C(c3ccc(Cl)cc3)C2=O)c1. The highest BCUT2D eigenvalue weighted by atomic mass is 35.5. The van der Waals surface area contributed by atoms with Crippen molar-refractivity contribution in [3.8, 4) is 5.75 Å². The van der Waals surface area contributed by atoms with Crippen LogP contribution < -0.4 is 9.64 Å². The van der Waals surface area contributed by atoms with Gasteiger partial charge in [-0.05, 0) is 42.0 Å². The molecule has 0 radical (unpaired) electrons. The van der Waals surface area contributed by atoms with E-state index < -0.39 is 0 Å². The van der Waals surface area contributed by atoms with E-state index in [-0.39, 0.29) is 11.8 Å². The predicted octanol–water partition coefficient (Wildman–Crippen LogP) is 5.43. The molecule has 6 heteroatoms. The average molecular weight is 422 g/mol. The van der Waals surface area contributed by atoms with E-state index in [9.17, 15) is 9.59 Å². The van der Waals surface area contributed by atoms with Gasteiger partial charge in [0.2, 0.25) is 0 Å². The van der Waals surface area contributed by atoms with Gasteiger partial charge in [0.15, 0.2) is 0 Å². The fourth-order valence-corrected chi connectivity index (χ4v) is 4.21. The van der Waals surface area contributed by atoms with Gasteiger partial charge in [0.25, 0.3) is 11.8 Å². The van der Waals surface area contributed by atoms with Crippen molar-refractivity contribution in [2.24, 2.45) is 0 Å². The lowest BCUT2D eigenvalue weighted by Crippen LogP contribution is -2.31. The van der Waals surface area contributed by atoms with Crippen molar-refractivity contribution >= 4 is 46.4 Å². The van der Waals surface area contributed by atoms with Crippen LogP contribution in [0.2, 0.25) is 5.02 Å². The van der Waals surface area contributed by atoms with Crippen LogP contribution in [0.15, 0.2) is 88.7 Å². The highest BCUT2D eigenvalue weighted by Crippen LogP contribution is 2.41. The number of hydrogen-bond acceptors (Lipinski definition) is 4. The fraction of sp³-hybridized carbons (Fsp3) is 0.0435. The molecule has 0 fully saturated rings. The van der Waals surface area contributed by atoms with Crippen LogP contribution in [0.25, 0.3) is 5.57 Å². The van der Waals surface area contributed by atoms with Crippen molar-refractivity contribution in [1.29, 1.82) is 0 Å². The lowest BCUT2D eigenvalue weighted by Gasteiger charge is -2.16. The number of benzene rings is 3. The summed E-state index contributed by atoms with van der Waals surface area (Å²) in [6.45, 7) is 0. The molecule has 0 atom stereocenters. The van der Waals surface area contributed by atoms with Crippen molar-refractivity contribution in [2.75, 3.05) is 12.0 Å². The number of rotatable bonds is 5. The van der Waals surface area contributed by atoms with E-state index in [1.54, 1.807) is 55.6 Å². The first-order valence-corrected chi connectivity index (χ1v) is 10.0. The minimum Gasteiger partial charge on any atom is -0.497 e. The van der Waals surface area contributed by atoms with Gasteiger partial charge in [-0.3, -0.25) is 9.59 Å². The molecule has 3 aromatic rings. The minimum absolute atomic E-state index is 0.359. The molecular formula is C23H16ClNO3S. The first-order valence-electron chi connectivity index (χ1n) is 8.84. The molecule has 1 aliphatic heterocycles. The lowest BCUT2D eigenvalue weighted by atomic mass is 10.1. The Bertz CT molecular complexity index is 1110. The Labute approximate surface area is 177 Å². The largest absolute Gasteiger partial charge is 0.497 e. The Hall–Kier alpha value is -3.02. The molecule has 0 N–H and O–H groups in total. The highest BCUT2D eigenvalue weighted by Gasteiger charge is 2.40. The normalized spacial score (nSPS) is 13.9. The van der Waals surface area contributed by atoms with Crippen molar-refractivity contribution in [2.45, 2.75) is 4.90 Å². The topological polar surface area (TPSA) is 46.6 Å². The van der Waals surface area contributed by atoms with Crippen LogP contribution >= 0.6 is 23.4 Å². The van der Waals surface area contributed by atoms with E-state index in [4.69, 9.17) is 16.3 Å². The number of hydrogen-bond donors (Lipinski definition) is 0. The zero-order valence-electron chi connectivity index (χ0n) is 15.5. The van der Waals surface area contributed by atoms with Crippen molar-refractivity contribution in [3.05, 3.63) is 94.4 Å². The second-order valence-electron chi connectivity index (χ2n) is 6.27. The van der Waals surface area contributed by atoms with Crippen LogP contribution in [0.1, 0.15) is 5.56 Å². The average Bonchev–Trinajstić information content (AvgIpc) is 2.99. The van der Waals surface area contributed by atoms with Gasteiger partial charge < -0.3 is 4.74 Å². The molecule has 144 valence electrons. The third-order valence-corrected chi connectivity index (χ3v) is 5.79. The van der Waals surface area contributed by atoms with Gasteiger partial charge in [0.05, 0.1) is 23.3 Å². The van der Waals surface area contributed by atoms with Crippen LogP contribution in [0.4, 0.5) is 5.69 Å². The van der Waals surface area contributed by atoms with Crippen LogP contribution in [-0.4, -0.2) is 18.9 Å². The van der Waals surface area contributed by atoms with Crippen molar-refractivity contribution in [1.82, 2.24) is 0 Å². The lowest BCUT2D eigenvalue weighted by molar-refractivity contribution is -0.119. The molecule has 4 nitrogen and oxygen atoms in total. The number of ether oxygens (including phenoxy) is 1. The number of halogens is 1. The van der Waals surface area contributed by atoms with E-state index >= 15 is 0 Å². The van der Waals surface area contributed by atoms with Gasteiger partial charge in [-0.2, -0.15) is 0 Å². The first kappa shape index (κ1) is 19.3. The quantitative estimate of drug-likeness (QED) is 0.515. The zero-order chi connectivity index (χ0) is 20.4. The van der Waals surface area contributed by atoms with Crippen LogP contribution in [0.3, 0.4) is 0 Å². The van der Waals surface area contributed by atoms with Crippen LogP contribution in [-0.2, 0) is 9.59 Å². The molecule has 3 aromatic carbocycles. The van der Waals surface area contributed by atoms with Crippen molar-refractivity contribution in [3.63, 3.8) is 0 Å². The highest BCUT2D eigenvalue weighted by molar-refractivity contribution is 8.04. The molecule has 0 unspecified atom stereocenters. The molecule has 0 aromatic heterocycles. The van der Waals surface area contributed by atoms with Crippen LogP contribution in [0, 0.1) is 0 Å². The Morgan fingerprint density at radius 3 is 2.28 bits per heavy atom. The maximum absolute atomic E-state index is 13.4. The van der Waals surface area contributed by atoms with Gasteiger partial charge in [0, 0.05) is 16.0 Å². The van der Waals surface area contributed by atoms with E-state index in [1.807, 2.05) is 30.3 Å². The van der Waals surface area contributed by atoms with E-state index in [0.29, 0.717) is 32.5 Å². The smallest absolute Gasteiger partial charge is 0.272 e. The molecule has 2 amide bonds. The molecule has 1 aliphatic rings. The number of thioether (sulfide) groups is 1. The number of amides is 2. The molecular weight excluding hydrogens is 406 g/mol. The standard InChI is InChI=1S/C23H16ClNO3S/c1-28-18-7-5-6-17(14-18)25-22(26)20(15-10-12-16(24)13-11-15)21(23(25)27)29-19-8-3-2-4-9-19/h2-14H,1H3. The van der Waals surface area contributed by atoms with Gasteiger partial charge >= 0.3 is 0 Å². The second-order valence-corrected chi connectivity index (χ2v) is 7.79. The summed E-state index contributed by atoms with van der Waals surface area (Å²) in [5.74, 6) is -0.161. The Morgan fingerprint density at radius 2 is 1.59 bits per heavy atom. The third kappa shape index (κ3) is 3.79. The van der Waals surface area contributed by atoms with Gasteiger partial charge in [-0.1, -0.05) is 59.8 Å². The third-order valence-electron chi connectivity index (χ3n) is 4.45. The molecule has 4 rings (SSSR count). The summed E-state index contributed by atoms with van der Waals surface area (Å²) in [6, 6.07) is 23.3. The summed E-state index contributed by atoms with van der Waals surface area (Å²) in [6.07, 6.45) is 0. The first-order chi connectivity index (χ1) is 14.1.